The number of hydrogen-bond donors (Lipinski definition) is 3. The molecule has 0 saturated carbocycles. The number of nitrogens with one attached hydrogen (secondary N) is 1. The highest BCUT2D eigenvalue weighted by Gasteiger charge is 2.23. The van der Waals surface area contributed by atoms with Crippen molar-refractivity contribution < 1.29 is 28.5 Å². The maximum absolute atomic E-state index is 12.4. The highest BCUT2D eigenvalue weighted by molar-refractivity contribution is 6.00. The minimum absolute atomic E-state index is 0.276. The van der Waals surface area contributed by atoms with Crippen LogP contribution < -0.4 is 35.7 Å². The molecule has 2 aromatic rings. The summed E-state index contributed by atoms with van der Waals surface area (Å²) in [5, 5.41) is 11.2. The van der Waals surface area contributed by atoms with Crippen LogP contribution >= 0.6 is 0 Å². The van der Waals surface area contributed by atoms with Crippen molar-refractivity contribution in [3.8, 4) is 23.0 Å². The zero-order valence-electron chi connectivity index (χ0n) is 19.4. The molecule has 2 amide bonds. The molecular weight excluding hydrogens is 442 g/mol. The van der Waals surface area contributed by atoms with E-state index in [2.05, 4.69) is 15.5 Å². The van der Waals surface area contributed by atoms with E-state index >= 15 is 0 Å². The Hall–Kier alpha value is -4.12. The number of azo groups is 1. The third-order valence-corrected chi connectivity index (χ3v) is 5.19. The molecule has 180 valence electrons. The molecule has 11 nitrogen and oxygen atoms in total. The van der Waals surface area contributed by atoms with Crippen LogP contribution in [0.2, 0.25) is 0 Å². The van der Waals surface area contributed by atoms with Crippen LogP contribution in [0.3, 0.4) is 0 Å². The summed E-state index contributed by atoms with van der Waals surface area (Å²) in [5.74, 6) is 0.623. The van der Waals surface area contributed by atoms with E-state index in [1.165, 1.54) is 28.4 Å². The number of carbonyl (C=O) groups excluding carboxylic acids is 2. The first-order chi connectivity index (χ1) is 16.3. The molecule has 1 atom stereocenters. The summed E-state index contributed by atoms with van der Waals surface area (Å²) >= 11 is 0. The Balaban J connectivity index is 2.03. The summed E-state index contributed by atoms with van der Waals surface area (Å²) in [6.45, 7) is 0.326. The van der Waals surface area contributed by atoms with Crippen molar-refractivity contribution in [2.75, 3.05) is 40.3 Å². The second-order valence-electron chi connectivity index (χ2n) is 7.32. The number of anilines is 1. The Morgan fingerprint density at radius 3 is 2.18 bits per heavy atom. The standard InChI is InChI=1S/C23H27N5O6/c1-31-17-6-5-12(7-16(17)27-23(30)15(24)10-20(25)29)14-11-26-28-21(14)13-8-18(32-2)22(34-4)19(9-13)33-3/h5-9,15H,10-11,24H2,1-4H3,(H2,25,29)(H,27,30). The van der Waals surface area contributed by atoms with Gasteiger partial charge >= 0.3 is 0 Å². The van der Waals surface area contributed by atoms with E-state index < -0.39 is 17.9 Å². The van der Waals surface area contributed by atoms with Gasteiger partial charge in [-0.25, -0.2) is 0 Å². The van der Waals surface area contributed by atoms with Crippen molar-refractivity contribution in [3.05, 3.63) is 41.5 Å². The van der Waals surface area contributed by atoms with E-state index in [4.69, 9.17) is 30.4 Å². The van der Waals surface area contributed by atoms with Crippen LogP contribution in [0.1, 0.15) is 17.5 Å². The van der Waals surface area contributed by atoms with E-state index in [0.717, 1.165) is 16.7 Å². The minimum atomic E-state index is -1.09. The van der Waals surface area contributed by atoms with Gasteiger partial charge in [0.15, 0.2) is 11.5 Å². The third kappa shape index (κ3) is 5.09. The zero-order chi connectivity index (χ0) is 24.8. The lowest BCUT2D eigenvalue weighted by molar-refractivity contribution is -0.123. The van der Waals surface area contributed by atoms with Crippen LogP contribution in [0.25, 0.3) is 11.3 Å². The third-order valence-electron chi connectivity index (χ3n) is 5.19. The molecule has 0 saturated heterocycles. The van der Waals surface area contributed by atoms with Gasteiger partial charge in [0.1, 0.15) is 5.75 Å². The molecule has 1 heterocycles. The maximum atomic E-state index is 12.4. The van der Waals surface area contributed by atoms with Gasteiger partial charge in [-0.3, -0.25) is 9.59 Å². The van der Waals surface area contributed by atoms with Gasteiger partial charge in [0.05, 0.1) is 58.8 Å². The van der Waals surface area contributed by atoms with Gasteiger partial charge < -0.3 is 35.7 Å². The summed E-state index contributed by atoms with van der Waals surface area (Å²) in [4.78, 5) is 23.6. The second kappa shape index (κ2) is 10.7. The fraction of sp³-hybridized carbons (Fsp3) is 0.304. The molecule has 5 N–H and O–H groups in total. The number of nitrogens with zero attached hydrogens (tertiary/aromatic N) is 2. The summed E-state index contributed by atoms with van der Waals surface area (Å²) < 4.78 is 21.7. The normalized spacial score (nSPS) is 13.4. The molecule has 11 heteroatoms. The van der Waals surface area contributed by atoms with Crippen molar-refractivity contribution in [3.63, 3.8) is 0 Å². The van der Waals surface area contributed by atoms with Crippen LogP contribution in [0.5, 0.6) is 23.0 Å². The number of nitrogens with two attached hydrogens (primary N) is 2. The number of hydrogen-bond acceptors (Lipinski definition) is 9. The molecule has 0 bridgehead atoms. The SMILES string of the molecule is COc1ccc(C2=C(c3cc(OC)c(OC)c(OC)c3)N=NC2)cc1NC(=O)C(N)CC(N)=O. The smallest absolute Gasteiger partial charge is 0.241 e. The molecule has 0 fully saturated rings. The maximum Gasteiger partial charge on any atom is 0.241 e. The number of benzene rings is 2. The predicted octanol–water partition coefficient (Wildman–Crippen LogP) is 2.20. The first kappa shape index (κ1) is 24.5. The molecule has 0 aromatic heterocycles. The summed E-state index contributed by atoms with van der Waals surface area (Å²) in [6.07, 6.45) is -0.276. The van der Waals surface area contributed by atoms with Crippen LogP contribution in [-0.4, -0.2) is 52.8 Å². The van der Waals surface area contributed by atoms with E-state index in [1.54, 1.807) is 24.3 Å². The van der Waals surface area contributed by atoms with E-state index in [9.17, 15) is 9.59 Å². The highest BCUT2D eigenvalue weighted by Crippen LogP contribution is 2.43. The molecule has 34 heavy (non-hydrogen) atoms. The molecule has 1 aliphatic rings. The zero-order valence-corrected chi connectivity index (χ0v) is 19.4. The predicted molar refractivity (Wildman–Crippen MR) is 126 cm³/mol. The lowest BCUT2D eigenvalue weighted by Gasteiger charge is -2.16. The molecule has 2 aromatic carbocycles. The van der Waals surface area contributed by atoms with Crippen molar-refractivity contribution in [1.82, 2.24) is 0 Å². The Labute approximate surface area is 196 Å². The molecule has 3 rings (SSSR count). The van der Waals surface area contributed by atoms with Gasteiger partial charge in [-0.1, -0.05) is 6.07 Å². The fourth-order valence-electron chi connectivity index (χ4n) is 3.52. The fourth-order valence-corrected chi connectivity index (χ4v) is 3.52. The first-order valence-electron chi connectivity index (χ1n) is 10.3. The number of amides is 2. The number of carbonyl (C=O) groups is 2. The lowest BCUT2D eigenvalue weighted by Crippen LogP contribution is -2.39. The van der Waals surface area contributed by atoms with Gasteiger partial charge in [0.25, 0.3) is 0 Å². The van der Waals surface area contributed by atoms with E-state index in [1.807, 2.05) is 6.07 Å². The van der Waals surface area contributed by atoms with Crippen LogP contribution in [0.4, 0.5) is 5.69 Å². The lowest BCUT2D eigenvalue weighted by atomic mass is 9.99. The Morgan fingerprint density at radius 2 is 1.62 bits per heavy atom. The molecule has 0 spiro atoms. The topological polar surface area (TPSA) is 160 Å². The average Bonchev–Trinajstić information content (AvgIpc) is 3.32. The number of ether oxygens (including phenoxy) is 4. The number of primary amides is 1. The quantitative estimate of drug-likeness (QED) is 0.481. The average molecular weight is 469 g/mol. The highest BCUT2D eigenvalue weighted by atomic mass is 16.5. The Morgan fingerprint density at radius 1 is 0.971 bits per heavy atom. The van der Waals surface area contributed by atoms with Crippen molar-refractivity contribution in [1.29, 1.82) is 0 Å². The Kier molecular flexibility index (Phi) is 7.69. The van der Waals surface area contributed by atoms with Crippen LogP contribution in [0, 0.1) is 0 Å². The van der Waals surface area contributed by atoms with Crippen molar-refractivity contribution in [2.45, 2.75) is 12.5 Å². The van der Waals surface area contributed by atoms with Crippen LogP contribution in [-0.2, 0) is 9.59 Å². The summed E-state index contributed by atoms with van der Waals surface area (Å²) in [7, 11) is 6.08. The van der Waals surface area contributed by atoms with Gasteiger partial charge in [-0.2, -0.15) is 10.2 Å². The first-order valence-corrected chi connectivity index (χ1v) is 10.3. The second-order valence-corrected chi connectivity index (χ2v) is 7.32. The molecule has 0 aliphatic carbocycles. The molecular formula is C23H27N5O6. The monoisotopic (exact) mass is 469 g/mol. The summed E-state index contributed by atoms with van der Waals surface area (Å²) in [5.41, 5.74) is 14.2. The van der Waals surface area contributed by atoms with Crippen LogP contribution in [0.15, 0.2) is 40.6 Å². The summed E-state index contributed by atoms with van der Waals surface area (Å²) in [6, 6.07) is 7.77. The van der Waals surface area contributed by atoms with Crippen molar-refractivity contribution >= 4 is 28.8 Å². The van der Waals surface area contributed by atoms with Gasteiger partial charge in [-0.05, 0) is 29.8 Å². The molecule has 1 unspecified atom stereocenters. The number of methoxy groups -OCH3 is 4. The Bertz CT molecular complexity index is 1140. The molecule has 0 radical (unpaired) electrons. The molecule has 1 aliphatic heterocycles. The largest absolute Gasteiger partial charge is 0.495 e. The minimum Gasteiger partial charge on any atom is -0.495 e. The van der Waals surface area contributed by atoms with Gasteiger partial charge in [-0.15, -0.1) is 0 Å². The van der Waals surface area contributed by atoms with Gasteiger partial charge in [0, 0.05) is 11.1 Å². The van der Waals surface area contributed by atoms with Crippen molar-refractivity contribution in [2.24, 2.45) is 21.7 Å². The number of rotatable bonds is 10. The van der Waals surface area contributed by atoms with E-state index in [-0.39, 0.29) is 6.42 Å². The van der Waals surface area contributed by atoms with Gasteiger partial charge in [0.2, 0.25) is 17.6 Å². The van der Waals surface area contributed by atoms with E-state index in [0.29, 0.717) is 40.9 Å².